The number of rotatable bonds is 4. The highest BCUT2D eigenvalue weighted by atomic mass is 35.5. The highest BCUT2D eigenvalue weighted by molar-refractivity contribution is 7.89. The number of benzene rings is 1. The van der Waals surface area contributed by atoms with Crippen molar-refractivity contribution in [1.29, 1.82) is 0 Å². The molecule has 0 bridgehead atoms. The van der Waals surface area contributed by atoms with E-state index in [4.69, 9.17) is 28.9 Å². The zero-order chi connectivity index (χ0) is 14.9. The Morgan fingerprint density at radius 3 is 2.70 bits per heavy atom. The molecule has 2 rings (SSSR count). The average molecular weight is 338 g/mol. The summed E-state index contributed by atoms with van der Waals surface area (Å²) >= 11 is 11.7. The molecule has 5 nitrogen and oxygen atoms in total. The number of sulfonamides is 1. The molecule has 1 aromatic rings. The molecule has 1 atom stereocenters. The summed E-state index contributed by atoms with van der Waals surface area (Å²) in [5.74, 6) is 0. The molecule has 1 aliphatic heterocycles. The number of hydrogen-bond acceptors (Lipinski definition) is 4. The summed E-state index contributed by atoms with van der Waals surface area (Å²) in [6, 6.07) is 2.96. The number of anilines is 1. The lowest BCUT2D eigenvalue weighted by molar-refractivity contribution is 0.311. The summed E-state index contributed by atoms with van der Waals surface area (Å²) in [6.45, 7) is 1.33. The van der Waals surface area contributed by atoms with Gasteiger partial charge >= 0.3 is 0 Å². The Hall–Kier alpha value is -0.530. The molecule has 1 fully saturated rings. The normalized spacial score (nSPS) is 20.4. The van der Waals surface area contributed by atoms with E-state index in [2.05, 4.69) is 9.62 Å². The van der Waals surface area contributed by atoms with Crippen LogP contribution in [0.5, 0.6) is 0 Å². The van der Waals surface area contributed by atoms with E-state index in [-0.39, 0.29) is 21.6 Å². The molecule has 3 N–H and O–H groups in total. The largest absolute Gasteiger partial charge is 0.398 e. The van der Waals surface area contributed by atoms with Gasteiger partial charge in [0.25, 0.3) is 0 Å². The summed E-state index contributed by atoms with van der Waals surface area (Å²) < 4.78 is 27.2. The Kier molecular flexibility index (Phi) is 4.81. The van der Waals surface area contributed by atoms with E-state index in [0.717, 1.165) is 19.4 Å². The molecule has 1 saturated heterocycles. The Labute approximate surface area is 129 Å². The van der Waals surface area contributed by atoms with Gasteiger partial charge in [0, 0.05) is 17.6 Å². The molecule has 112 valence electrons. The first-order valence-corrected chi connectivity index (χ1v) is 8.49. The average Bonchev–Trinajstić information content (AvgIpc) is 2.70. The van der Waals surface area contributed by atoms with Crippen molar-refractivity contribution in [2.45, 2.75) is 23.8 Å². The predicted molar refractivity (Wildman–Crippen MR) is 81.7 cm³/mol. The van der Waals surface area contributed by atoms with E-state index >= 15 is 0 Å². The molecule has 1 aliphatic rings. The molecule has 1 aromatic carbocycles. The number of hydrogen-bond donors (Lipinski definition) is 2. The molecular formula is C12H17Cl2N3O2S. The lowest BCUT2D eigenvalue weighted by Crippen LogP contribution is -2.38. The number of likely N-dealkylation sites (tertiary alicyclic amines) is 1. The van der Waals surface area contributed by atoms with Crippen molar-refractivity contribution < 1.29 is 8.42 Å². The Morgan fingerprint density at radius 2 is 2.15 bits per heavy atom. The zero-order valence-electron chi connectivity index (χ0n) is 11.1. The van der Waals surface area contributed by atoms with Crippen LogP contribution in [0.2, 0.25) is 10.0 Å². The van der Waals surface area contributed by atoms with Crippen LogP contribution in [0, 0.1) is 0 Å². The standard InChI is InChI=1S/C12H17Cl2N3O2S/c1-17-4-2-3-9(17)7-16-20(18,19)12-10(14)5-8(13)6-11(12)15/h5-6,9,16H,2-4,7,15H2,1H3. The van der Waals surface area contributed by atoms with Gasteiger partial charge in [-0.15, -0.1) is 0 Å². The number of nitrogen functional groups attached to an aromatic ring is 1. The van der Waals surface area contributed by atoms with Crippen molar-refractivity contribution in [2.75, 3.05) is 25.9 Å². The number of likely N-dealkylation sites (N-methyl/N-ethyl adjacent to an activating group) is 1. The van der Waals surface area contributed by atoms with Gasteiger partial charge in [0.1, 0.15) is 4.90 Å². The summed E-state index contributed by atoms with van der Waals surface area (Å²) in [5.41, 5.74) is 5.77. The van der Waals surface area contributed by atoms with Crippen molar-refractivity contribution in [2.24, 2.45) is 0 Å². The fourth-order valence-electron chi connectivity index (χ4n) is 2.38. The van der Waals surface area contributed by atoms with Gasteiger partial charge in [0.05, 0.1) is 10.7 Å². The van der Waals surface area contributed by atoms with Crippen molar-refractivity contribution in [1.82, 2.24) is 9.62 Å². The highest BCUT2D eigenvalue weighted by Crippen LogP contribution is 2.31. The SMILES string of the molecule is CN1CCCC1CNS(=O)(=O)c1c(N)cc(Cl)cc1Cl. The van der Waals surface area contributed by atoms with Gasteiger partial charge in [-0.2, -0.15) is 0 Å². The van der Waals surface area contributed by atoms with Crippen LogP contribution in [0.1, 0.15) is 12.8 Å². The highest BCUT2D eigenvalue weighted by Gasteiger charge is 2.26. The topological polar surface area (TPSA) is 75.4 Å². The van der Waals surface area contributed by atoms with Crippen LogP contribution >= 0.6 is 23.2 Å². The van der Waals surface area contributed by atoms with E-state index < -0.39 is 10.0 Å². The van der Waals surface area contributed by atoms with Crippen LogP contribution in [0.25, 0.3) is 0 Å². The van der Waals surface area contributed by atoms with Gasteiger partial charge in [-0.05, 0) is 38.6 Å². The fourth-order valence-corrected chi connectivity index (χ4v) is 4.43. The number of nitrogens with zero attached hydrogens (tertiary/aromatic N) is 1. The monoisotopic (exact) mass is 337 g/mol. The third-order valence-electron chi connectivity index (χ3n) is 3.49. The second kappa shape index (κ2) is 6.07. The first-order valence-electron chi connectivity index (χ1n) is 6.25. The molecule has 8 heteroatoms. The molecular weight excluding hydrogens is 321 g/mol. The number of halogens is 2. The van der Waals surface area contributed by atoms with Gasteiger partial charge in [-0.1, -0.05) is 23.2 Å². The van der Waals surface area contributed by atoms with Gasteiger partial charge in [-0.25, -0.2) is 13.1 Å². The van der Waals surface area contributed by atoms with E-state index in [1.54, 1.807) is 0 Å². The molecule has 0 spiro atoms. The van der Waals surface area contributed by atoms with Gasteiger partial charge in [0.15, 0.2) is 0 Å². The molecule has 20 heavy (non-hydrogen) atoms. The zero-order valence-corrected chi connectivity index (χ0v) is 13.4. The van der Waals surface area contributed by atoms with E-state index in [1.165, 1.54) is 12.1 Å². The number of nitrogens with two attached hydrogens (primary N) is 1. The molecule has 0 radical (unpaired) electrons. The molecule has 1 heterocycles. The quantitative estimate of drug-likeness (QED) is 0.823. The van der Waals surface area contributed by atoms with Crippen molar-refractivity contribution in [3.05, 3.63) is 22.2 Å². The van der Waals surface area contributed by atoms with Crippen LogP contribution in [-0.2, 0) is 10.0 Å². The summed E-state index contributed by atoms with van der Waals surface area (Å²) in [5, 5.41) is 0.337. The maximum atomic E-state index is 12.3. The van der Waals surface area contributed by atoms with Gasteiger partial charge < -0.3 is 10.6 Å². The van der Waals surface area contributed by atoms with Crippen molar-refractivity contribution in [3.63, 3.8) is 0 Å². The Morgan fingerprint density at radius 1 is 1.45 bits per heavy atom. The lowest BCUT2D eigenvalue weighted by Gasteiger charge is -2.20. The van der Waals surface area contributed by atoms with Gasteiger partial charge in [0.2, 0.25) is 10.0 Å². The summed E-state index contributed by atoms with van der Waals surface area (Å²) in [7, 11) is -1.76. The number of nitrogens with one attached hydrogen (secondary N) is 1. The van der Waals surface area contributed by atoms with Crippen LogP contribution < -0.4 is 10.5 Å². The van der Waals surface area contributed by atoms with Crippen LogP contribution in [0.3, 0.4) is 0 Å². The minimum absolute atomic E-state index is 0.0299. The van der Waals surface area contributed by atoms with Crippen LogP contribution in [-0.4, -0.2) is 39.5 Å². The minimum Gasteiger partial charge on any atom is -0.398 e. The van der Waals surface area contributed by atoms with Crippen LogP contribution in [0.15, 0.2) is 17.0 Å². The predicted octanol–water partition coefficient (Wildman–Crippen LogP) is 1.95. The van der Waals surface area contributed by atoms with Crippen molar-refractivity contribution in [3.8, 4) is 0 Å². The smallest absolute Gasteiger partial charge is 0.244 e. The summed E-state index contributed by atoms with van der Waals surface area (Å²) in [4.78, 5) is 2.03. The van der Waals surface area contributed by atoms with E-state index in [9.17, 15) is 8.42 Å². The first-order chi connectivity index (χ1) is 9.31. The van der Waals surface area contributed by atoms with E-state index in [1.807, 2.05) is 7.05 Å². The van der Waals surface area contributed by atoms with Crippen LogP contribution in [0.4, 0.5) is 5.69 Å². The Balaban J connectivity index is 2.18. The third-order valence-corrected chi connectivity index (χ3v) is 5.65. The fraction of sp³-hybridized carbons (Fsp3) is 0.500. The molecule has 0 amide bonds. The third kappa shape index (κ3) is 3.38. The maximum Gasteiger partial charge on any atom is 0.244 e. The molecule has 0 saturated carbocycles. The summed E-state index contributed by atoms with van der Waals surface area (Å²) in [6.07, 6.45) is 2.05. The Bertz CT molecular complexity index is 584. The molecule has 0 aliphatic carbocycles. The van der Waals surface area contributed by atoms with Crippen molar-refractivity contribution >= 4 is 38.9 Å². The second-order valence-corrected chi connectivity index (χ2v) is 7.48. The minimum atomic E-state index is -3.74. The molecule has 0 aromatic heterocycles. The first kappa shape index (κ1) is 15.9. The molecule has 1 unspecified atom stereocenters. The van der Waals surface area contributed by atoms with Gasteiger partial charge in [-0.3, -0.25) is 0 Å². The second-order valence-electron chi connectivity index (χ2n) is 4.93. The lowest BCUT2D eigenvalue weighted by atomic mass is 10.2. The maximum absolute atomic E-state index is 12.3. The van der Waals surface area contributed by atoms with E-state index in [0.29, 0.717) is 11.6 Å².